The maximum Gasteiger partial charge on any atom is 0.407 e. The molecule has 118 valence electrons. The van der Waals surface area contributed by atoms with E-state index in [9.17, 15) is 21.6 Å². The standard InChI is InChI=1S/C12H15F3N2O3S/c13-12(14,15)11(5-6-11)17-21(18,19)10-3-1-9(2-4-10)20-8-7-16/h1-4,17H,5-8,16H2. The van der Waals surface area contributed by atoms with Crippen molar-refractivity contribution >= 4 is 10.0 Å². The summed E-state index contributed by atoms with van der Waals surface area (Å²) in [6.07, 6.45) is -5.08. The number of benzene rings is 1. The lowest BCUT2D eigenvalue weighted by atomic mass is 10.3. The van der Waals surface area contributed by atoms with Crippen molar-refractivity contribution in [3.05, 3.63) is 24.3 Å². The molecule has 0 amide bonds. The molecule has 3 N–H and O–H groups in total. The Hall–Kier alpha value is -1.32. The molecule has 0 heterocycles. The van der Waals surface area contributed by atoms with Gasteiger partial charge in [-0.1, -0.05) is 0 Å². The first-order valence-corrected chi connectivity index (χ1v) is 7.72. The Morgan fingerprint density at radius 1 is 1.24 bits per heavy atom. The molecule has 0 aliphatic heterocycles. The lowest BCUT2D eigenvalue weighted by molar-refractivity contribution is -0.160. The van der Waals surface area contributed by atoms with E-state index in [2.05, 4.69) is 0 Å². The Kier molecular flexibility index (Phi) is 4.18. The molecule has 1 aliphatic rings. The Balaban J connectivity index is 2.13. The molecule has 0 spiro atoms. The topological polar surface area (TPSA) is 81.4 Å². The highest BCUT2D eigenvalue weighted by Gasteiger charge is 2.65. The average Bonchev–Trinajstić information content (AvgIpc) is 3.16. The summed E-state index contributed by atoms with van der Waals surface area (Å²) >= 11 is 0. The minimum absolute atomic E-state index is 0.238. The van der Waals surface area contributed by atoms with E-state index in [0.29, 0.717) is 12.3 Å². The van der Waals surface area contributed by atoms with Gasteiger partial charge in [0.15, 0.2) is 0 Å². The van der Waals surface area contributed by atoms with Gasteiger partial charge in [0, 0.05) is 6.54 Å². The van der Waals surface area contributed by atoms with Gasteiger partial charge >= 0.3 is 6.18 Å². The van der Waals surface area contributed by atoms with Crippen LogP contribution in [0, 0.1) is 0 Å². The first kappa shape index (κ1) is 16.1. The number of sulfonamides is 1. The largest absolute Gasteiger partial charge is 0.492 e. The molecule has 1 aliphatic carbocycles. The molecule has 0 aromatic heterocycles. The van der Waals surface area contributed by atoms with Crippen molar-refractivity contribution in [2.24, 2.45) is 5.73 Å². The zero-order valence-electron chi connectivity index (χ0n) is 11.0. The van der Waals surface area contributed by atoms with Crippen LogP contribution >= 0.6 is 0 Å². The predicted molar refractivity (Wildman–Crippen MR) is 69.3 cm³/mol. The molecule has 1 saturated carbocycles. The number of rotatable bonds is 6. The van der Waals surface area contributed by atoms with Gasteiger partial charge in [-0.3, -0.25) is 0 Å². The third-order valence-electron chi connectivity index (χ3n) is 3.14. The van der Waals surface area contributed by atoms with Crippen molar-refractivity contribution < 1.29 is 26.3 Å². The number of nitrogens with one attached hydrogen (secondary N) is 1. The molecular formula is C12H15F3N2O3S. The summed E-state index contributed by atoms with van der Waals surface area (Å²) in [5.41, 5.74) is 2.94. The average molecular weight is 324 g/mol. The van der Waals surface area contributed by atoms with E-state index in [0.717, 1.165) is 0 Å². The fraction of sp³-hybridized carbons (Fsp3) is 0.500. The minimum Gasteiger partial charge on any atom is -0.492 e. The summed E-state index contributed by atoms with van der Waals surface area (Å²) in [5, 5.41) is 0. The summed E-state index contributed by atoms with van der Waals surface area (Å²) in [6, 6.07) is 5.13. The molecule has 0 bridgehead atoms. The van der Waals surface area contributed by atoms with Crippen molar-refractivity contribution in [2.45, 2.75) is 29.5 Å². The van der Waals surface area contributed by atoms with Gasteiger partial charge < -0.3 is 10.5 Å². The summed E-state index contributed by atoms with van der Waals surface area (Å²) < 4.78 is 69.3. The molecule has 5 nitrogen and oxygen atoms in total. The Bertz CT molecular complexity index is 595. The monoisotopic (exact) mass is 324 g/mol. The van der Waals surface area contributed by atoms with Gasteiger partial charge in [-0.05, 0) is 37.1 Å². The predicted octanol–water partition coefficient (Wildman–Crippen LogP) is 1.40. The quantitative estimate of drug-likeness (QED) is 0.829. The van der Waals surface area contributed by atoms with E-state index in [1.54, 1.807) is 4.72 Å². The Labute approximate surface area is 120 Å². The third kappa shape index (κ3) is 3.47. The van der Waals surface area contributed by atoms with Gasteiger partial charge in [0.25, 0.3) is 0 Å². The molecule has 0 saturated heterocycles. The van der Waals surface area contributed by atoms with Crippen LogP contribution in [0.25, 0.3) is 0 Å². The van der Waals surface area contributed by atoms with Crippen LogP contribution < -0.4 is 15.2 Å². The Morgan fingerprint density at radius 3 is 2.24 bits per heavy atom. The summed E-state index contributed by atoms with van der Waals surface area (Å²) in [4.78, 5) is -0.238. The molecule has 1 fully saturated rings. The highest BCUT2D eigenvalue weighted by Crippen LogP contribution is 2.49. The van der Waals surface area contributed by atoms with Crippen LogP contribution in [-0.2, 0) is 10.0 Å². The van der Waals surface area contributed by atoms with Crippen LogP contribution in [0.4, 0.5) is 13.2 Å². The molecule has 1 aromatic rings. The molecule has 0 atom stereocenters. The molecule has 2 rings (SSSR count). The third-order valence-corrected chi connectivity index (χ3v) is 4.70. The van der Waals surface area contributed by atoms with Crippen LogP contribution in [0.15, 0.2) is 29.2 Å². The van der Waals surface area contributed by atoms with Crippen LogP contribution in [0.2, 0.25) is 0 Å². The fourth-order valence-electron chi connectivity index (χ4n) is 1.78. The van der Waals surface area contributed by atoms with Gasteiger partial charge in [0.2, 0.25) is 10.0 Å². The molecule has 1 aromatic carbocycles. The van der Waals surface area contributed by atoms with E-state index >= 15 is 0 Å². The van der Waals surface area contributed by atoms with Crippen molar-refractivity contribution in [3.63, 3.8) is 0 Å². The Morgan fingerprint density at radius 2 is 1.81 bits per heavy atom. The summed E-state index contributed by atoms with van der Waals surface area (Å²) in [5.74, 6) is 0.399. The number of hydrogen-bond donors (Lipinski definition) is 2. The molecule has 9 heteroatoms. The number of nitrogens with two attached hydrogens (primary N) is 1. The van der Waals surface area contributed by atoms with E-state index in [4.69, 9.17) is 10.5 Å². The smallest absolute Gasteiger partial charge is 0.407 e. The zero-order chi connectivity index (χ0) is 15.7. The van der Waals surface area contributed by atoms with Gasteiger partial charge in [0.1, 0.15) is 17.9 Å². The van der Waals surface area contributed by atoms with Gasteiger partial charge in [0.05, 0.1) is 4.90 Å². The van der Waals surface area contributed by atoms with Crippen molar-refractivity contribution in [2.75, 3.05) is 13.2 Å². The second-order valence-electron chi connectivity index (χ2n) is 4.79. The van der Waals surface area contributed by atoms with E-state index in [-0.39, 0.29) is 24.3 Å². The van der Waals surface area contributed by atoms with Gasteiger partial charge in [-0.2, -0.15) is 17.9 Å². The van der Waals surface area contributed by atoms with Crippen molar-refractivity contribution in [1.82, 2.24) is 4.72 Å². The van der Waals surface area contributed by atoms with Crippen LogP contribution in [-0.4, -0.2) is 33.3 Å². The van der Waals surface area contributed by atoms with Crippen molar-refractivity contribution in [3.8, 4) is 5.75 Å². The first-order chi connectivity index (χ1) is 9.70. The first-order valence-electron chi connectivity index (χ1n) is 6.24. The summed E-state index contributed by atoms with van der Waals surface area (Å²) in [6.45, 7) is 0.567. The molecule has 0 unspecified atom stereocenters. The van der Waals surface area contributed by atoms with Gasteiger partial charge in [-0.25, -0.2) is 8.42 Å². The molecule has 0 radical (unpaired) electrons. The number of alkyl halides is 3. The number of ether oxygens (including phenoxy) is 1. The lowest BCUT2D eigenvalue weighted by Gasteiger charge is -2.20. The molecular weight excluding hydrogens is 309 g/mol. The van der Waals surface area contributed by atoms with Gasteiger partial charge in [-0.15, -0.1) is 0 Å². The second kappa shape index (κ2) is 5.47. The zero-order valence-corrected chi connectivity index (χ0v) is 11.8. The maximum absolute atomic E-state index is 12.8. The van der Waals surface area contributed by atoms with Crippen LogP contribution in [0.3, 0.4) is 0 Å². The second-order valence-corrected chi connectivity index (χ2v) is 6.48. The SMILES string of the molecule is NCCOc1ccc(S(=O)(=O)NC2(C(F)(F)F)CC2)cc1. The minimum atomic E-state index is -4.59. The lowest BCUT2D eigenvalue weighted by Crippen LogP contribution is -2.47. The van der Waals surface area contributed by atoms with Crippen LogP contribution in [0.1, 0.15) is 12.8 Å². The molecule has 21 heavy (non-hydrogen) atoms. The summed E-state index contributed by atoms with van der Waals surface area (Å²) in [7, 11) is -4.23. The van der Waals surface area contributed by atoms with E-state index in [1.807, 2.05) is 0 Å². The number of hydrogen-bond acceptors (Lipinski definition) is 4. The van der Waals surface area contributed by atoms with Crippen molar-refractivity contribution in [1.29, 1.82) is 0 Å². The highest BCUT2D eigenvalue weighted by atomic mass is 32.2. The normalized spacial score (nSPS) is 17.5. The van der Waals surface area contributed by atoms with E-state index in [1.165, 1.54) is 24.3 Å². The van der Waals surface area contributed by atoms with E-state index < -0.39 is 21.7 Å². The number of halogens is 3. The maximum atomic E-state index is 12.8. The fourth-order valence-corrected chi connectivity index (χ4v) is 3.22. The highest BCUT2D eigenvalue weighted by molar-refractivity contribution is 7.89. The van der Waals surface area contributed by atoms with Crippen LogP contribution in [0.5, 0.6) is 5.75 Å².